The molecule has 1 aliphatic heterocycles. The summed E-state index contributed by atoms with van der Waals surface area (Å²) in [6.07, 6.45) is 6.90. The van der Waals surface area contributed by atoms with E-state index in [9.17, 15) is 4.39 Å². The van der Waals surface area contributed by atoms with E-state index in [2.05, 4.69) is 43.0 Å². The first-order valence-electron chi connectivity index (χ1n) is 10.1. The molecule has 3 rings (SSSR count). The van der Waals surface area contributed by atoms with Crippen molar-refractivity contribution in [1.29, 1.82) is 0 Å². The average Bonchev–Trinajstić information content (AvgIpc) is 2.68. The molecule has 2 heteroatoms. The maximum Gasteiger partial charge on any atom is 0.123 e. The lowest BCUT2D eigenvalue weighted by Crippen LogP contribution is -2.21. The number of hydrogen-bond donors (Lipinski definition) is 0. The van der Waals surface area contributed by atoms with Crippen molar-refractivity contribution in [2.45, 2.75) is 57.2 Å². The summed E-state index contributed by atoms with van der Waals surface area (Å²) in [4.78, 5) is 0. The first kappa shape index (κ1) is 18.9. The molecule has 0 radical (unpaired) electrons. The molecule has 1 aliphatic rings. The fourth-order valence-corrected chi connectivity index (χ4v) is 7.59. The molecule has 1 heterocycles. The Bertz CT molecular complexity index is 729. The topological polar surface area (TPSA) is 0 Å². The first-order chi connectivity index (χ1) is 12.7. The predicted molar refractivity (Wildman–Crippen MR) is 112 cm³/mol. The van der Waals surface area contributed by atoms with Gasteiger partial charge in [0.05, 0.1) is 0 Å². The molecule has 2 aromatic rings. The Morgan fingerprint density at radius 1 is 0.923 bits per heavy atom. The highest BCUT2D eigenvalue weighted by Crippen LogP contribution is 2.30. The van der Waals surface area contributed by atoms with Crippen LogP contribution in [0.3, 0.4) is 0 Å². The monoisotopic (exact) mass is 364 g/mol. The van der Waals surface area contributed by atoms with E-state index in [0.29, 0.717) is 0 Å². The van der Waals surface area contributed by atoms with Crippen LogP contribution in [-0.2, 0) is 6.42 Å². The summed E-state index contributed by atoms with van der Waals surface area (Å²) in [5.41, 5.74) is 3.28. The molecule has 1 fully saturated rings. The number of hydrogen-bond acceptors (Lipinski definition) is 0. The van der Waals surface area contributed by atoms with Crippen molar-refractivity contribution >= 4 is 8.80 Å². The molecule has 0 spiro atoms. The van der Waals surface area contributed by atoms with Crippen LogP contribution in [0.25, 0.3) is 0 Å². The van der Waals surface area contributed by atoms with Gasteiger partial charge in [-0.3, -0.25) is 0 Å². The van der Waals surface area contributed by atoms with Crippen LogP contribution in [-0.4, -0.2) is 8.80 Å². The minimum absolute atomic E-state index is 0.221. The van der Waals surface area contributed by atoms with Gasteiger partial charge in [0.2, 0.25) is 0 Å². The van der Waals surface area contributed by atoms with Gasteiger partial charge in [-0.05, 0) is 60.7 Å². The Labute approximate surface area is 159 Å². The number of aryl methyl sites for hydroxylation is 1. The third-order valence-corrected chi connectivity index (χ3v) is 9.35. The molecule has 136 valence electrons. The molecular formula is C24H29FSi. The van der Waals surface area contributed by atoms with Crippen LogP contribution < -0.4 is 0 Å². The molecule has 1 saturated heterocycles. The van der Waals surface area contributed by atoms with E-state index in [0.717, 1.165) is 17.0 Å². The zero-order valence-corrected chi connectivity index (χ0v) is 17.0. The van der Waals surface area contributed by atoms with Crippen molar-refractivity contribution in [3.8, 4) is 11.8 Å². The standard InChI is InChI=1S/C24H29FSi/c1-2-17-26-18-15-23(16-19-26)10-9-21-5-3-20(4-6-21)7-8-22-11-13-24(25)14-12-22/h3-6,11-14,23,26H,2,9-10,15-19H2,1H3. The van der Waals surface area contributed by atoms with Gasteiger partial charge in [-0.1, -0.05) is 68.3 Å². The lowest BCUT2D eigenvalue weighted by Gasteiger charge is -2.27. The molecule has 0 aliphatic carbocycles. The van der Waals surface area contributed by atoms with Crippen molar-refractivity contribution in [3.63, 3.8) is 0 Å². The van der Waals surface area contributed by atoms with E-state index < -0.39 is 0 Å². The van der Waals surface area contributed by atoms with Crippen molar-refractivity contribution in [1.82, 2.24) is 0 Å². The number of benzene rings is 2. The molecule has 0 N–H and O–H groups in total. The van der Waals surface area contributed by atoms with E-state index in [1.165, 1.54) is 49.8 Å². The average molecular weight is 365 g/mol. The molecular weight excluding hydrogens is 335 g/mol. The van der Waals surface area contributed by atoms with E-state index in [1.54, 1.807) is 30.3 Å². The first-order valence-corrected chi connectivity index (χ1v) is 12.5. The van der Waals surface area contributed by atoms with Gasteiger partial charge >= 0.3 is 0 Å². The smallest absolute Gasteiger partial charge is 0.123 e. The molecule has 0 unspecified atom stereocenters. The van der Waals surface area contributed by atoms with Gasteiger partial charge < -0.3 is 0 Å². The maximum absolute atomic E-state index is 12.9. The van der Waals surface area contributed by atoms with Crippen molar-refractivity contribution in [2.75, 3.05) is 0 Å². The maximum atomic E-state index is 12.9. The summed E-state index contributed by atoms with van der Waals surface area (Å²) in [6, 6.07) is 19.7. The molecule has 0 nitrogen and oxygen atoms in total. The third kappa shape index (κ3) is 5.85. The van der Waals surface area contributed by atoms with Gasteiger partial charge in [0.15, 0.2) is 0 Å². The highest BCUT2D eigenvalue weighted by Gasteiger charge is 2.21. The van der Waals surface area contributed by atoms with Gasteiger partial charge in [0.1, 0.15) is 5.82 Å². The van der Waals surface area contributed by atoms with E-state index in [1.807, 2.05) is 0 Å². The molecule has 0 amide bonds. The van der Waals surface area contributed by atoms with Crippen molar-refractivity contribution < 1.29 is 4.39 Å². The highest BCUT2D eigenvalue weighted by molar-refractivity contribution is 6.58. The van der Waals surface area contributed by atoms with Gasteiger partial charge in [0.25, 0.3) is 0 Å². The molecule has 0 saturated carbocycles. The predicted octanol–water partition coefficient (Wildman–Crippen LogP) is 6.21. The summed E-state index contributed by atoms with van der Waals surface area (Å²) >= 11 is 0. The van der Waals surface area contributed by atoms with Gasteiger partial charge in [-0.15, -0.1) is 0 Å². The molecule has 26 heavy (non-hydrogen) atoms. The van der Waals surface area contributed by atoms with E-state index >= 15 is 0 Å². The number of halogens is 1. The molecule has 0 bridgehead atoms. The van der Waals surface area contributed by atoms with Crippen LogP contribution in [0.15, 0.2) is 48.5 Å². The second-order valence-electron chi connectivity index (χ2n) is 7.67. The minimum atomic E-state index is -0.343. The molecule has 0 aromatic heterocycles. The molecule has 0 atom stereocenters. The lowest BCUT2D eigenvalue weighted by atomic mass is 9.94. The fourth-order valence-electron chi connectivity index (χ4n) is 4.02. The van der Waals surface area contributed by atoms with Crippen LogP contribution in [0.5, 0.6) is 0 Å². The van der Waals surface area contributed by atoms with Crippen LogP contribution in [0.1, 0.15) is 49.3 Å². The molecule has 2 aromatic carbocycles. The summed E-state index contributed by atoms with van der Waals surface area (Å²) in [6.45, 7) is 2.34. The Morgan fingerprint density at radius 3 is 2.08 bits per heavy atom. The van der Waals surface area contributed by atoms with Crippen LogP contribution in [0.4, 0.5) is 4.39 Å². The van der Waals surface area contributed by atoms with Crippen molar-refractivity contribution in [3.05, 3.63) is 71.0 Å². The number of rotatable bonds is 5. The quantitative estimate of drug-likeness (QED) is 0.437. The van der Waals surface area contributed by atoms with Crippen LogP contribution in [0, 0.1) is 23.6 Å². The third-order valence-electron chi connectivity index (χ3n) is 5.65. The lowest BCUT2D eigenvalue weighted by molar-refractivity contribution is 0.437. The Morgan fingerprint density at radius 2 is 1.50 bits per heavy atom. The van der Waals surface area contributed by atoms with Crippen molar-refractivity contribution in [2.24, 2.45) is 5.92 Å². The summed E-state index contributed by atoms with van der Waals surface area (Å²) in [5.74, 6) is 6.99. The summed E-state index contributed by atoms with van der Waals surface area (Å²) in [5, 5.41) is 0. The second kappa shape index (κ2) is 9.74. The second-order valence-corrected chi connectivity index (χ2v) is 11.1. The van der Waals surface area contributed by atoms with Crippen LogP contribution in [0.2, 0.25) is 18.1 Å². The Kier molecular flexibility index (Phi) is 7.09. The van der Waals surface area contributed by atoms with Gasteiger partial charge in [-0.2, -0.15) is 0 Å². The van der Waals surface area contributed by atoms with E-state index in [4.69, 9.17) is 0 Å². The zero-order chi connectivity index (χ0) is 18.2. The summed E-state index contributed by atoms with van der Waals surface area (Å²) < 4.78 is 12.9. The minimum Gasteiger partial charge on any atom is -0.207 e. The zero-order valence-electron chi connectivity index (χ0n) is 15.8. The van der Waals surface area contributed by atoms with E-state index in [-0.39, 0.29) is 14.6 Å². The normalized spacial score (nSPS) is 19.6. The SMILES string of the molecule is CCC[SiH]1CCC(CCc2ccc(C#Cc3ccc(F)cc3)cc2)CC1. The summed E-state index contributed by atoms with van der Waals surface area (Å²) in [7, 11) is -0.343. The van der Waals surface area contributed by atoms with Gasteiger partial charge in [0, 0.05) is 19.9 Å². The Hall–Kier alpha value is -1.85. The fraction of sp³-hybridized carbons (Fsp3) is 0.417. The Balaban J connectivity index is 1.47. The highest BCUT2D eigenvalue weighted by atomic mass is 28.3. The van der Waals surface area contributed by atoms with Crippen LogP contribution >= 0.6 is 0 Å². The van der Waals surface area contributed by atoms with Gasteiger partial charge in [-0.25, -0.2) is 4.39 Å². The largest absolute Gasteiger partial charge is 0.207 e.